The molecular formula is C17H15Br2N3. The third-order valence-electron chi connectivity index (χ3n) is 3.51. The van der Waals surface area contributed by atoms with Crippen LogP contribution in [0.5, 0.6) is 0 Å². The van der Waals surface area contributed by atoms with Crippen molar-refractivity contribution in [2.75, 3.05) is 11.1 Å². The fraction of sp³-hybridized carbons (Fsp3) is 0.118. The van der Waals surface area contributed by atoms with E-state index < -0.39 is 0 Å². The second kappa shape index (κ2) is 5.89. The molecule has 0 bridgehead atoms. The van der Waals surface area contributed by atoms with Gasteiger partial charge >= 0.3 is 0 Å². The Hall–Kier alpha value is -1.59. The number of anilines is 3. The normalized spacial score (nSPS) is 10.9. The van der Waals surface area contributed by atoms with Gasteiger partial charge in [-0.15, -0.1) is 0 Å². The maximum atomic E-state index is 6.28. The molecule has 1 aromatic heterocycles. The Bertz CT molecular complexity index is 858. The molecule has 0 radical (unpaired) electrons. The number of pyridine rings is 1. The lowest BCUT2D eigenvalue weighted by atomic mass is 10.1. The van der Waals surface area contributed by atoms with E-state index in [1.807, 2.05) is 50.2 Å². The van der Waals surface area contributed by atoms with Crippen LogP contribution < -0.4 is 11.1 Å². The predicted molar refractivity (Wildman–Crippen MR) is 101 cm³/mol. The fourth-order valence-corrected chi connectivity index (χ4v) is 3.28. The Labute approximate surface area is 146 Å². The maximum Gasteiger partial charge on any atom is 0.0776 e. The molecule has 3 rings (SSSR count). The molecule has 2 aromatic carbocycles. The van der Waals surface area contributed by atoms with E-state index in [0.29, 0.717) is 5.69 Å². The van der Waals surface area contributed by atoms with Crippen LogP contribution in [0.15, 0.2) is 45.3 Å². The standard InChI is InChI=1S/C17H15Br2N3/c1-9-7-13(19)16(20)15-14(8-10(2)21-17(9)15)22-12-5-3-11(18)4-6-12/h3-8H,20H2,1-2H3,(H,21,22). The highest BCUT2D eigenvalue weighted by Crippen LogP contribution is 2.37. The highest BCUT2D eigenvalue weighted by molar-refractivity contribution is 9.10. The summed E-state index contributed by atoms with van der Waals surface area (Å²) in [6, 6.07) is 12.1. The number of rotatable bonds is 2. The van der Waals surface area contributed by atoms with E-state index in [1.54, 1.807) is 0 Å². The molecule has 3 nitrogen and oxygen atoms in total. The lowest BCUT2D eigenvalue weighted by Crippen LogP contribution is -2.00. The van der Waals surface area contributed by atoms with Gasteiger partial charge in [-0.1, -0.05) is 15.9 Å². The number of hydrogen-bond acceptors (Lipinski definition) is 3. The van der Waals surface area contributed by atoms with E-state index in [-0.39, 0.29) is 0 Å². The molecule has 0 spiro atoms. The average molecular weight is 421 g/mol. The Balaban J connectivity index is 2.22. The Morgan fingerprint density at radius 3 is 2.41 bits per heavy atom. The van der Waals surface area contributed by atoms with Gasteiger partial charge in [-0.05, 0) is 71.7 Å². The van der Waals surface area contributed by atoms with Crippen molar-refractivity contribution >= 4 is 59.8 Å². The van der Waals surface area contributed by atoms with Crippen LogP contribution in [0.2, 0.25) is 0 Å². The van der Waals surface area contributed by atoms with Gasteiger partial charge < -0.3 is 11.1 Å². The SMILES string of the molecule is Cc1cc(Nc2ccc(Br)cc2)c2c(N)c(Br)cc(C)c2n1. The number of nitrogens with one attached hydrogen (secondary N) is 1. The summed E-state index contributed by atoms with van der Waals surface area (Å²) in [5.74, 6) is 0. The van der Waals surface area contributed by atoms with Crippen molar-refractivity contribution < 1.29 is 0 Å². The summed E-state index contributed by atoms with van der Waals surface area (Å²) in [7, 11) is 0. The fourth-order valence-electron chi connectivity index (χ4n) is 2.47. The van der Waals surface area contributed by atoms with Crippen LogP contribution in [0.3, 0.4) is 0 Å². The number of hydrogen-bond donors (Lipinski definition) is 2. The molecule has 22 heavy (non-hydrogen) atoms. The summed E-state index contributed by atoms with van der Waals surface area (Å²) in [6.45, 7) is 4.03. The van der Waals surface area contributed by atoms with Gasteiger partial charge in [-0.3, -0.25) is 4.98 Å². The van der Waals surface area contributed by atoms with Crippen molar-refractivity contribution in [1.82, 2.24) is 4.98 Å². The molecule has 0 saturated carbocycles. The number of halogens is 2. The first-order chi connectivity index (χ1) is 10.5. The van der Waals surface area contributed by atoms with Gasteiger partial charge in [0, 0.05) is 25.7 Å². The van der Waals surface area contributed by atoms with Crippen LogP contribution in [0.25, 0.3) is 10.9 Å². The lowest BCUT2D eigenvalue weighted by molar-refractivity contribution is 1.24. The highest BCUT2D eigenvalue weighted by atomic mass is 79.9. The zero-order valence-electron chi connectivity index (χ0n) is 12.2. The van der Waals surface area contributed by atoms with E-state index >= 15 is 0 Å². The minimum atomic E-state index is 0.702. The molecule has 112 valence electrons. The molecule has 1 heterocycles. The van der Waals surface area contributed by atoms with Crippen molar-refractivity contribution in [3.8, 4) is 0 Å². The number of nitrogens with two attached hydrogens (primary N) is 1. The van der Waals surface area contributed by atoms with Crippen LogP contribution in [0.1, 0.15) is 11.3 Å². The maximum absolute atomic E-state index is 6.28. The van der Waals surface area contributed by atoms with Crippen LogP contribution >= 0.6 is 31.9 Å². The zero-order valence-corrected chi connectivity index (χ0v) is 15.4. The first-order valence-electron chi connectivity index (χ1n) is 6.84. The number of aromatic nitrogens is 1. The zero-order chi connectivity index (χ0) is 15.9. The molecule has 0 aliphatic rings. The van der Waals surface area contributed by atoms with E-state index in [2.05, 4.69) is 42.2 Å². The Morgan fingerprint density at radius 2 is 1.73 bits per heavy atom. The summed E-state index contributed by atoms with van der Waals surface area (Å²) < 4.78 is 1.94. The van der Waals surface area contributed by atoms with Gasteiger partial charge in [-0.2, -0.15) is 0 Å². The van der Waals surface area contributed by atoms with Crippen molar-refractivity contribution in [3.63, 3.8) is 0 Å². The van der Waals surface area contributed by atoms with E-state index in [4.69, 9.17) is 5.73 Å². The van der Waals surface area contributed by atoms with Crippen LogP contribution in [0.4, 0.5) is 17.1 Å². The van der Waals surface area contributed by atoms with Gasteiger partial charge in [0.1, 0.15) is 0 Å². The van der Waals surface area contributed by atoms with Gasteiger partial charge in [0.25, 0.3) is 0 Å². The second-order valence-corrected chi connectivity index (χ2v) is 7.03. The molecule has 0 amide bonds. The molecule has 0 saturated heterocycles. The lowest BCUT2D eigenvalue weighted by Gasteiger charge is -2.15. The first kappa shape index (κ1) is 15.3. The molecule has 3 N–H and O–H groups in total. The van der Waals surface area contributed by atoms with Crippen LogP contribution in [-0.2, 0) is 0 Å². The topological polar surface area (TPSA) is 50.9 Å². The van der Waals surface area contributed by atoms with E-state index in [9.17, 15) is 0 Å². The number of nitrogens with zero attached hydrogens (tertiary/aromatic N) is 1. The molecule has 0 aliphatic carbocycles. The van der Waals surface area contributed by atoms with E-state index in [0.717, 1.165) is 42.5 Å². The van der Waals surface area contributed by atoms with Gasteiger partial charge in [-0.25, -0.2) is 0 Å². The number of aryl methyl sites for hydroxylation is 2. The quantitative estimate of drug-likeness (QED) is 0.522. The highest BCUT2D eigenvalue weighted by Gasteiger charge is 2.13. The van der Waals surface area contributed by atoms with Gasteiger partial charge in [0.05, 0.1) is 16.9 Å². The summed E-state index contributed by atoms with van der Waals surface area (Å²) in [6.07, 6.45) is 0. The molecule has 0 atom stereocenters. The second-order valence-electron chi connectivity index (χ2n) is 5.26. The average Bonchev–Trinajstić information content (AvgIpc) is 2.47. The minimum absolute atomic E-state index is 0.702. The van der Waals surface area contributed by atoms with Gasteiger partial charge in [0.15, 0.2) is 0 Å². The van der Waals surface area contributed by atoms with E-state index in [1.165, 1.54) is 0 Å². The first-order valence-corrected chi connectivity index (χ1v) is 8.43. The number of benzene rings is 2. The molecular weight excluding hydrogens is 406 g/mol. The summed E-state index contributed by atoms with van der Waals surface area (Å²) >= 11 is 6.98. The van der Waals surface area contributed by atoms with Crippen LogP contribution in [0, 0.1) is 13.8 Å². The van der Waals surface area contributed by atoms with Crippen LogP contribution in [-0.4, -0.2) is 4.98 Å². The molecule has 5 heteroatoms. The third kappa shape index (κ3) is 2.83. The van der Waals surface area contributed by atoms with Crippen molar-refractivity contribution in [2.45, 2.75) is 13.8 Å². The van der Waals surface area contributed by atoms with Crippen molar-refractivity contribution in [3.05, 3.63) is 56.6 Å². The van der Waals surface area contributed by atoms with Gasteiger partial charge in [0.2, 0.25) is 0 Å². The summed E-state index contributed by atoms with van der Waals surface area (Å²) in [5.41, 5.74) is 11.9. The van der Waals surface area contributed by atoms with Crippen molar-refractivity contribution in [1.29, 1.82) is 0 Å². The summed E-state index contributed by atoms with van der Waals surface area (Å²) in [5, 5.41) is 4.39. The number of fused-ring (bicyclic) bond motifs is 1. The largest absolute Gasteiger partial charge is 0.397 e. The summed E-state index contributed by atoms with van der Waals surface area (Å²) in [4.78, 5) is 4.65. The number of nitrogen functional groups attached to an aromatic ring is 1. The molecule has 0 unspecified atom stereocenters. The minimum Gasteiger partial charge on any atom is -0.397 e. The predicted octanol–water partition coefficient (Wildman–Crippen LogP) is 5.70. The van der Waals surface area contributed by atoms with Crippen molar-refractivity contribution in [2.24, 2.45) is 0 Å². The molecule has 0 fully saturated rings. The Morgan fingerprint density at radius 1 is 1.05 bits per heavy atom. The smallest absolute Gasteiger partial charge is 0.0776 e. The monoisotopic (exact) mass is 419 g/mol. The molecule has 0 aliphatic heterocycles. The molecule has 3 aromatic rings. The Kier molecular flexibility index (Phi) is 4.10. The third-order valence-corrected chi connectivity index (χ3v) is 4.70.